The van der Waals surface area contributed by atoms with Gasteiger partial charge in [0.05, 0.1) is 0 Å². The predicted molar refractivity (Wildman–Crippen MR) is 118 cm³/mol. The van der Waals surface area contributed by atoms with E-state index in [1.165, 1.54) is 11.3 Å². The number of aliphatic imine (C=N–C) groups is 1. The molecule has 7 nitrogen and oxygen atoms in total. The van der Waals surface area contributed by atoms with Crippen molar-refractivity contribution in [2.75, 3.05) is 44.7 Å². The number of aromatic nitrogens is 3. The van der Waals surface area contributed by atoms with Crippen molar-refractivity contribution in [1.29, 1.82) is 0 Å². The highest BCUT2D eigenvalue weighted by atomic mass is 35.5. The highest BCUT2D eigenvalue weighted by molar-refractivity contribution is 6.30. The van der Waals surface area contributed by atoms with Crippen molar-refractivity contribution >= 4 is 28.9 Å². The summed E-state index contributed by atoms with van der Waals surface area (Å²) in [5.74, 6) is 1.88. The van der Waals surface area contributed by atoms with Gasteiger partial charge in [0, 0.05) is 63.1 Å². The fourth-order valence-electron chi connectivity index (χ4n) is 3.76. The molecule has 0 aliphatic carbocycles. The molecular formula is C21H26ClN7. The molecule has 8 heteroatoms. The Morgan fingerprint density at radius 2 is 1.97 bits per heavy atom. The molecule has 1 aromatic carbocycles. The van der Waals surface area contributed by atoms with E-state index in [-0.39, 0.29) is 0 Å². The van der Waals surface area contributed by atoms with Gasteiger partial charge in [-0.2, -0.15) is 0 Å². The largest absolute Gasteiger partial charge is 0.368 e. The summed E-state index contributed by atoms with van der Waals surface area (Å²) < 4.78 is 2.02. The number of pyridine rings is 1. The molecule has 1 aliphatic rings. The molecule has 0 amide bonds. The molecule has 3 aromatic rings. The minimum absolute atomic E-state index is 0.760. The van der Waals surface area contributed by atoms with Gasteiger partial charge < -0.3 is 15.1 Å². The van der Waals surface area contributed by atoms with Gasteiger partial charge in [0.1, 0.15) is 5.82 Å². The van der Waals surface area contributed by atoms with Gasteiger partial charge in [-0.3, -0.25) is 9.39 Å². The van der Waals surface area contributed by atoms with Crippen molar-refractivity contribution in [3.63, 3.8) is 0 Å². The Morgan fingerprint density at radius 1 is 1.14 bits per heavy atom. The van der Waals surface area contributed by atoms with Crippen LogP contribution in [0.4, 0.5) is 5.69 Å². The van der Waals surface area contributed by atoms with Crippen LogP contribution in [0.5, 0.6) is 0 Å². The van der Waals surface area contributed by atoms with E-state index in [9.17, 15) is 0 Å². The van der Waals surface area contributed by atoms with Crippen LogP contribution in [0.1, 0.15) is 11.4 Å². The number of nitrogens with one attached hydrogen (secondary N) is 1. The minimum Gasteiger partial charge on any atom is -0.368 e. The topological polar surface area (TPSA) is 61.1 Å². The third-order valence-corrected chi connectivity index (χ3v) is 5.55. The molecule has 0 radical (unpaired) electrons. The first-order chi connectivity index (χ1) is 14.2. The zero-order valence-electron chi connectivity index (χ0n) is 16.8. The highest BCUT2D eigenvalue weighted by Gasteiger charge is 2.21. The number of rotatable bonds is 4. The van der Waals surface area contributed by atoms with E-state index < -0.39 is 0 Å². The second-order valence-electron chi connectivity index (χ2n) is 7.17. The maximum Gasteiger partial charge on any atom is 0.193 e. The second-order valence-corrected chi connectivity index (χ2v) is 7.61. The number of nitrogens with zero attached hydrogens (tertiary/aromatic N) is 6. The van der Waals surface area contributed by atoms with E-state index >= 15 is 0 Å². The number of halogens is 1. The number of aryl methyl sites for hydroxylation is 1. The summed E-state index contributed by atoms with van der Waals surface area (Å²) in [6, 6.07) is 12.0. The van der Waals surface area contributed by atoms with Gasteiger partial charge in [0.2, 0.25) is 0 Å². The molecule has 2 aromatic heterocycles. The maximum atomic E-state index is 6.20. The molecule has 1 fully saturated rings. The molecule has 29 heavy (non-hydrogen) atoms. The van der Waals surface area contributed by atoms with E-state index in [4.69, 9.17) is 11.6 Å². The van der Waals surface area contributed by atoms with Gasteiger partial charge in [-0.15, -0.1) is 10.2 Å². The van der Waals surface area contributed by atoms with Crippen LogP contribution in [0.15, 0.2) is 47.6 Å². The number of piperazine rings is 1. The zero-order valence-corrected chi connectivity index (χ0v) is 17.6. The standard InChI is InChI=1S/C21H26ClN7/c1-16-6-7-17(22)15-18(16)27-11-13-28(14-12-27)21(23-2)24-9-8-20-26-25-19-5-3-4-10-29(19)20/h3-7,10,15H,8-9,11-14H2,1-2H3,(H,23,24). The molecule has 0 bridgehead atoms. The highest BCUT2D eigenvalue weighted by Crippen LogP contribution is 2.25. The average molecular weight is 412 g/mol. The van der Waals surface area contributed by atoms with Crippen molar-refractivity contribution in [2.24, 2.45) is 4.99 Å². The molecule has 0 spiro atoms. The van der Waals surface area contributed by atoms with Crippen LogP contribution in [0.25, 0.3) is 5.65 Å². The number of benzene rings is 1. The van der Waals surface area contributed by atoms with Crippen LogP contribution in [0.3, 0.4) is 0 Å². The lowest BCUT2D eigenvalue weighted by Crippen LogP contribution is -2.53. The first-order valence-electron chi connectivity index (χ1n) is 9.91. The fraction of sp³-hybridized carbons (Fsp3) is 0.381. The summed E-state index contributed by atoms with van der Waals surface area (Å²) in [6.07, 6.45) is 2.78. The number of hydrogen-bond acceptors (Lipinski definition) is 4. The molecule has 1 aliphatic heterocycles. The monoisotopic (exact) mass is 411 g/mol. The van der Waals surface area contributed by atoms with E-state index in [1.807, 2.05) is 41.9 Å². The predicted octanol–water partition coefficient (Wildman–Crippen LogP) is 2.63. The van der Waals surface area contributed by atoms with Gasteiger partial charge >= 0.3 is 0 Å². The number of anilines is 1. The lowest BCUT2D eigenvalue weighted by molar-refractivity contribution is 0.372. The molecule has 0 atom stereocenters. The van der Waals surface area contributed by atoms with Crippen LogP contribution in [-0.4, -0.2) is 65.2 Å². The van der Waals surface area contributed by atoms with E-state index in [2.05, 4.69) is 49.4 Å². The molecule has 1 saturated heterocycles. The van der Waals surface area contributed by atoms with Gasteiger partial charge in [0.25, 0.3) is 0 Å². The first-order valence-corrected chi connectivity index (χ1v) is 10.3. The average Bonchev–Trinajstić information content (AvgIpc) is 3.16. The quantitative estimate of drug-likeness (QED) is 0.528. The molecule has 1 N–H and O–H groups in total. The Morgan fingerprint density at radius 3 is 2.76 bits per heavy atom. The lowest BCUT2D eigenvalue weighted by Gasteiger charge is -2.38. The molecule has 4 rings (SSSR count). The van der Waals surface area contributed by atoms with E-state index in [1.54, 1.807) is 0 Å². The summed E-state index contributed by atoms with van der Waals surface area (Å²) in [6.45, 7) is 6.61. The third-order valence-electron chi connectivity index (χ3n) is 5.32. The Balaban J connectivity index is 1.32. The number of guanidine groups is 1. The summed E-state index contributed by atoms with van der Waals surface area (Å²) in [5.41, 5.74) is 3.35. The summed E-state index contributed by atoms with van der Waals surface area (Å²) in [5, 5.41) is 12.8. The molecule has 0 unspecified atom stereocenters. The van der Waals surface area contributed by atoms with Crippen LogP contribution < -0.4 is 10.2 Å². The SMILES string of the molecule is CN=C(NCCc1nnc2ccccn12)N1CCN(c2cc(Cl)ccc2C)CC1. The minimum atomic E-state index is 0.760. The summed E-state index contributed by atoms with van der Waals surface area (Å²) in [7, 11) is 1.84. The van der Waals surface area contributed by atoms with E-state index in [0.717, 1.165) is 61.6 Å². The lowest BCUT2D eigenvalue weighted by atomic mass is 10.1. The Bertz CT molecular complexity index is 1010. The normalized spacial score (nSPS) is 15.2. The third kappa shape index (κ3) is 4.29. The maximum absolute atomic E-state index is 6.20. The van der Waals surface area contributed by atoms with Crippen LogP contribution >= 0.6 is 11.6 Å². The molecule has 0 saturated carbocycles. The smallest absolute Gasteiger partial charge is 0.193 e. The Labute approximate surface area is 176 Å². The summed E-state index contributed by atoms with van der Waals surface area (Å²) >= 11 is 6.20. The molecule has 152 valence electrons. The van der Waals surface area contributed by atoms with Crippen LogP contribution in [-0.2, 0) is 6.42 Å². The molecular weight excluding hydrogens is 386 g/mol. The first kappa shape index (κ1) is 19.5. The van der Waals surface area contributed by atoms with Crippen LogP contribution in [0.2, 0.25) is 5.02 Å². The van der Waals surface area contributed by atoms with Gasteiger partial charge in [-0.05, 0) is 36.8 Å². The number of fused-ring (bicyclic) bond motifs is 1. The fourth-order valence-corrected chi connectivity index (χ4v) is 3.93. The van der Waals surface area contributed by atoms with Crippen molar-refractivity contribution in [1.82, 2.24) is 24.8 Å². The van der Waals surface area contributed by atoms with Crippen LogP contribution in [0, 0.1) is 6.92 Å². The number of hydrogen-bond donors (Lipinski definition) is 1. The van der Waals surface area contributed by atoms with Gasteiger partial charge in [0.15, 0.2) is 11.6 Å². The van der Waals surface area contributed by atoms with E-state index in [0.29, 0.717) is 0 Å². The zero-order chi connectivity index (χ0) is 20.2. The summed E-state index contributed by atoms with van der Waals surface area (Å²) in [4.78, 5) is 9.17. The Kier molecular flexibility index (Phi) is 5.85. The van der Waals surface area contributed by atoms with Gasteiger partial charge in [-0.25, -0.2) is 0 Å². The van der Waals surface area contributed by atoms with Crippen molar-refractivity contribution < 1.29 is 0 Å². The van der Waals surface area contributed by atoms with Gasteiger partial charge in [-0.1, -0.05) is 23.7 Å². The van der Waals surface area contributed by atoms with Crippen molar-refractivity contribution in [3.05, 3.63) is 59.0 Å². The Hall–Kier alpha value is -2.80. The molecule has 3 heterocycles. The second kappa shape index (κ2) is 8.69. The van der Waals surface area contributed by atoms with Crippen molar-refractivity contribution in [2.45, 2.75) is 13.3 Å². The van der Waals surface area contributed by atoms with Crippen molar-refractivity contribution in [3.8, 4) is 0 Å².